The van der Waals surface area contributed by atoms with Crippen LogP contribution < -0.4 is 4.90 Å². The van der Waals surface area contributed by atoms with Gasteiger partial charge < -0.3 is 9.47 Å². The minimum Gasteiger partial charge on any atom is -0.464 e. The highest BCUT2D eigenvalue weighted by Gasteiger charge is 2.19. The Hall–Kier alpha value is -3.60. The Labute approximate surface area is 170 Å². The maximum atomic E-state index is 11.5. The van der Waals surface area contributed by atoms with Crippen LogP contribution in [0.4, 0.5) is 5.82 Å². The third-order valence-electron chi connectivity index (χ3n) is 4.87. The number of carbonyl (C=O) groups is 1. The van der Waals surface area contributed by atoms with Crippen LogP contribution >= 0.6 is 0 Å². The SMILES string of the molecule is CC(=O)c1ccc(-c2ccnc(N(CC3=CC=CCC3)C3=COC=CO3)c2)cc1. The maximum absolute atomic E-state index is 11.5. The Balaban J connectivity index is 1.66. The number of carbonyl (C=O) groups excluding carboxylic acids is 1. The zero-order chi connectivity index (χ0) is 20.1. The lowest BCUT2D eigenvalue weighted by atomic mass is 10.0. The summed E-state index contributed by atoms with van der Waals surface area (Å²) in [4.78, 5) is 18.1. The Kier molecular flexibility index (Phi) is 5.56. The fourth-order valence-electron chi connectivity index (χ4n) is 3.28. The highest BCUT2D eigenvalue weighted by Crippen LogP contribution is 2.28. The number of allylic oxidation sites excluding steroid dienone is 3. The standard InChI is InChI=1S/C24H22N2O3/c1-18(27)20-7-9-21(10-8-20)22-11-12-25-23(15-22)26(24-17-28-13-14-29-24)16-19-5-3-2-4-6-19/h2-3,5,7-15,17H,4,6,16H2,1H3. The van der Waals surface area contributed by atoms with Gasteiger partial charge in [0, 0.05) is 18.3 Å². The van der Waals surface area contributed by atoms with E-state index in [-0.39, 0.29) is 5.78 Å². The summed E-state index contributed by atoms with van der Waals surface area (Å²) in [7, 11) is 0. The molecule has 0 saturated carbocycles. The van der Waals surface area contributed by atoms with Gasteiger partial charge in [-0.25, -0.2) is 4.98 Å². The highest BCUT2D eigenvalue weighted by atomic mass is 16.5. The molecule has 2 aliphatic rings. The number of rotatable bonds is 6. The number of ether oxygens (including phenoxy) is 2. The van der Waals surface area contributed by atoms with Crippen molar-refractivity contribution in [2.75, 3.05) is 11.4 Å². The summed E-state index contributed by atoms with van der Waals surface area (Å²) in [6.07, 6.45) is 14.8. The van der Waals surface area contributed by atoms with Gasteiger partial charge in [-0.05, 0) is 43.0 Å². The van der Waals surface area contributed by atoms with Crippen LogP contribution in [0.5, 0.6) is 0 Å². The second-order valence-electron chi connectivity index (χ2n) is 6.90. The largest absolute Gasteiger partial charge is 0.464 e. The summed E-state index contributed by atoms with van der Waals surface area (Å²) in [5.41, 5.74) is 4.03. The molecule has 0 N–H and O–H groups in total. The predicted octanol–water partition coefficient (Wildman–Crippen LogP) is 5.35. The van der Waals surface area contributed by atoms with Crippen molar-refractivity contribution in [3.63, 3.8) is 0 Å². The Morgan fingerprint density at radius 1 is 1.14 bits per heavy atom. The molecule has 0 bridgehead atoms. The average molecular weight is 386 g/mol. The van der Waals surface area contributed by atoms with E-state index < -0.39 is 0 Å². The molecule has 0 spiro atoms. The number of hydrogen-bond acceptors (Lipinski definition) is 5. The zero-order valence-corrected chi connectivity index (χ0v) is 16.2. The van der Waals surface area contributed by atoms with Gasteiger partial charge in [0.05, 0.1) is 0 Å². The van der Waals surface area contributed by atoms with Gasteiger partial charge >= 0.3 is 0 Å². The van der Waals surface area contributed by atoms with Crippen molar-refractivity contribution in [1.82, 2.24) is 4.98 Å². The zero-order valence-electron chi connectivity index (χ0n) is 16.2. The van der Waals surface area contributed by atoms with Gasteiger partial charge in [-0.3, -0.25) is 9.69 Å². The van der Waals surface area contributed by atoms with Crippen molar-refractivity contribution in [2.45, 2.75) is 19.8 Å². The lowest BCUT2D eigenvalue weighted by molar-refractivity contribution is 0.101. The van der Waals surface area contributed by atoms with Gasteiger partial charge in [0.25, 0.3) is 0 Å². The second kappa shape index (κ2) is 8.61. The molecule has 0 amide bonds. The molecule has 146 valence electrons. The van der Waals surface area contributed by atoms with Crippen molar-refractivity contribution in [2.24, 2.45) is 0 Å². The van der Waals surface area contributed by atoms with Gasteiger partial charge in [0.1, 0.15) is 18.3 Å². The number of aromatic nitrogens is 1. The van der Waals surface area contributed by atoms with Crippen LogP contribution in [0.2, 0.25) is 0 Å². The molecule has 1 aromatic carbocycles. The molecule has 2 aromatic rings. The van der Waals surface area contributed by atoms with Crippen LogP contribution in [0.15, 0.2) is 91.1 Å². The summed E-state index contributed by atoms with van der Waals surface area (Å²) in [5.74, 6) is 1.40. The molecule has 0 unspecified atom stereocenters. The lowest BCUT2D eigenvalue weighted by Gasteiger charge is -2.27. The van der Waals surface area contributed by atoms with Crippen molar-refractivity contribution >= 4 is 11.6 Å². The molecule has 1 aromatic heterocycles. The van der Waals surface area contributed by atoms with E-state index in [2.05, 4.69) is 23.2 Å². The fraction of sp³-hybridized carbons (Fsp3) is 0.167. The maximum Gasteiger partial charge on any atom is 0.236 e. The molecule has 0 atom stereocenters. The second-order valence-corrected chi connectivity index (χ2v) is 6.90. The van der Waals surface area contributed by atoms with Gasteiger partial charge in [-0.1, -0.05) is 48.1 Å². The first-order valence-electron chi connectivity index (χ1n) is 9.57. The first-order chi connectivity index (χ1) is 14.2. The van der Waals surface area contributed by atoms with Crippen molar-refractivity contribution in [3.8, 4) is 11.1 Å². The van der Waals surface area contributed by atoms with Gasteiger partial charge in [0.2, 0.25) is 5.88 Å². The number of hydrogen-bond donors (Lipinski definition) is 0. The summed E-state index contributed by atoms with van der Waals surface area (Å²) in [6, 6.07) is 11.6. The fourth-order valence-corrected chi connectivity index (χ4v) is 3.28. The summed E-state index contributed by atoms with van der Waals surface area (Å²) in [6.45, 7) is 2.23. The van der Waals surface area contributed by atoms with Crippen LogP contribution in [-0.4, -0.2) is 17.3 Å². The molecule has 1 aliphatic carbocycles. The molecule has 29 heavy (non-hydrogen) atoms. The average Bonchev–Trinajstić information content (AvgIpc) is 2.79. The van der Waals surface area contributed by atoms with Crippen LogP contribution in [0.25, 0.3) is 11.1 Å². The molecular formula is C24H22N2O3. The van der Waals surface area contributed by atoms with Crippen LogP contribution in [0, 0.1) is 0 Å². The van der Waals surface area contributed by atoms with Crippen molar-refractivity contribution in [1.29, 1.82) is 0 Å². The van der Waals surface area contributed by atoms with Crippen LogP contribution in [0.1, 0.15) is 30.1 Å². The number of ketones is 1. The lowest BCUT2D eigenvalue weighted by Crippen LogP contribution is -2.28. The first-order valence-corrected chi connectivity index (χ1v) is 9.57. The van der Waals surface area contributed by atoms with E-state index >= 15 is 0 Å². The Bertz CT molecular complexity index is 1020. The molecule has 0 radical (unpaired) electrons. The molecule has 4 rings (SSSR count). The van der Waals surface area contributed by atoms with Gasteiger partial charge in [-0.15, -0.1) is 0 Å². The first kappa shape index (κ1) is 18.7. The number of pyridine rings is 1. The van der Waals surface area contributed by atoms with Gasteiger partial charge in [-0.2, -0.15) is 0 Å². The van der Waals surface area contributed by atoms with E-state index in [4.69, 9.17) is 9.47 Å². The van der Waals surface area contributed by atoms with E-state index in [1.165, 1.54) is 18.1 Å². The van der Waals surface area contributed by atoms with Crippen molar-refractivity contribution < 1.29 is 14.3 Å². The Morgan fingerprint density at radius 2 is 2.00 bits per heavy atom. The summed E-state index contributed by atoms with van der Waals surface area (Å²) >= 11 is 0. The number of Topliss-reactive ketones (excluding diaryl/α,β-unsaturated/α-hetero) is 1. The monoisotopic (exact) mass is 386 g/mol. The topological polar surface area (TPSA) is 51.7 Å². The molecule has 1 aliphatic heterocycles. The van der Waals surface area contributed by atoms with E-state index in [9.17, 15) is 4.79 Å². The molecule has 0 saturated heterocycles. The third kappa shape index (κ3) is 4.46. The smallest absolute Gasteiger partial charge is 0.236 e. The van der Waals surface area contributed by atoms with Crippen LogP contribution in [0.3, 0.4) is 0 Å². The minimum atomic E-state index is 0.0578. The van der Waals surface area contributed by atoms with Crippen LogP contribution in [-0.2, 0) is 9.47 Å². The number of benzene rings is 1. The highest BCUT2D eigenvalue weighted by molar-refractivity contribution is 5.94. The predicted molar refractivity (Wildman–Crippen MR) is 113 cm³/mol. The molecular weight excluding hydrogens is 364 g/mol. The van der Waals surface area contributed by atoms with Gasteiger partial charge in [0.15, 0.2) is 12.0 Å². The summed E-state index contributed by atoms with van der Waals surface area (Å²) in [5, 5.41) is 0. The van der Waals surface area contributed by atoms with E-state index in [0.717, 1.165) is 29.8 Å². The number of anilines is 1. The summed E-state index contributed by atoms with van der Waals surface area (Å²) < 4.78 is 11.0. The molecule has 5 nitrogen and oxygen atoms in total. The third-order valence-corrected chi connectivity index (χ3v) is 4.87. The molecule has 5 heteroatoms. The van der Waals surface area contributed by atoms with E-state index in [1.807, 2.05) is 41.3 Å². The molecule has 2 heterocycles. The van der Waals surface area contributed by atoms with Crippen molar-refractivity contribution in [3.05, 3.63) is 96.6 Å². The molecule has 0 fully saturated rings. The van der Waals surface area contributed by atoms with E-state index in [0.29, 0.717) is 18.0 Å². The number of nitrogens with zero attached hydrogens (tertiary/aromatic N) is 2. The quantitative estimate of drug-likeness (QED) is 0.626. The minimum absolute atomic E-state index is 0.0578. The Morgan fingerprint density at radius 3 is 2.69 bits per heavy atom. The van der Waals surface area contributed by atoms with E-state index in [1.54, 1.807) is 19.4 Å². The normalized spacial score (nSPS) is 15.1.